The van der Waals surface area contributed by atoms with Gasteiger partial charge >= 0.3 is 0 Å². The molecule has 0 atom stereocenters. The normalized spacial score (nSPS) is 6.80. The molecule has 0 aromatic rings. The molecule has 0 radical (unpaired) electrons. The predicted octanol–water partition coefficient (Wildman–Crippen LogP) is -0.262. The second-order valence-electron chi connectivity index (χ2n) is 0.674. The zero-order valence-corrected chi connectivity index (χ0v) is 2.97. The molecule has 0 saturated carbocycles. The highest BCUT2D eigenvalue weighted by atomic mass is 15.6. The van der Waals surface area contributed by atoms with E-state index < -0.39 is 0 Å². The highest BCUT2D eigenvalue weighted by Gasteiger charge is 1.64. The summed E-state index contributed by atoms with van der Waals surface area (Å²) in [6, 6.07) is 0. The van der Waals surface area contributed by atoms with Gasteiger partial charge in [-0.1, -0.05) is 5.22 Å². The zero-order chi connectivity index (χ0) is 4.28. The number of rotatable bonds is 1. The second-order valence-corrected chi connectivity index (χ2v) is 0.674. The fourth-order valence-corrected chi connectivity index (χ4v) is 0. The average molecular weight is 74.1 g/mol. The first-order chi connectivity index (χ1) is 2.27. The van der Waals surface area contributed by atoms with E-state index in [4.69, 9.17) is 11.4 Å². The molecular formula is CH6N4. The molecule has 0 aliphatic carbocycles. The van der Waals surface area contributed by atoms with Crippen LogP contribution in [0.4, 0.5) is 0 Å². The molecule has 0 fully saturated rings. The maximum Gasteiger partial charge on any atom is 0.0436 e. The van der Waals surface area contributed by atoms with Gasteiger partial charge in [0, 0.05) is 7.05 Å². The molecule has 30 valence electrons. The van der Waals surface area contributed by atoms with Gasteiger partial charge in [0.25, 0.3) is 0 Å². The van der Waals surface area contributed by atoms with Crippen LogP contribution in [0.3, 0.4) is 0 Å². The van der Waals surface area contributed by atoms with E-state index in [0.717, 1.165) is 5.12 Å². The van der Waals surface area contributed by atoms with E-state index in [1.165, 1.54) is 7.05 Å². The standard InChI is InChI=1S/CH6N4/c1-5(3)4-2/h2H,3H2,1H3. The summed E-state index contributed by atoms with van der Waals surface area (Å²) in [4.78, 5) is 0. The molecule has 0 aromatic carbocycles. The summed E-state index contributed by atoms with van der Waals surface area (Å²) in [6.07, 6.45) is 0. The van der Waals surface area contributed by atoms with Crippen LogP contribution in [0.15, 0.2) is 5.22 Å². The van der Waals surface area contributed by atoms with Crippen LogP contribution in [0, 0.1) is 5.53 Å². The molecule has 5 heavy (non-hydrogen) atoms. The smallest absolute Gasteiger partial charge is 0.0436 e. The van der Waals surface area contributed by atoms with E-state index in [0.29, 0.717) is 0 Å². The minimum absolute atomic E-state index is 0.917. The van der Waals surface area contributed by atoms with E-state index in [1.807, 2.05) is 0 Å². The quantitative estimate of drug-likeness (QED) is 0.255. The molecule has 0 saturated heterocycles. The van der Waals surface area contributed by atoms with Crippen LogP contribution < -0.4 is 5.84 Å². The monoisotopic (exact) mass is 74.1 g/mol. The van der Waals surface area contributed by atoms with Gasteiger partial charge in [-0.05, 0) is 0 Å². The molecule has 0 aromatic heterocycles. The fraction of sp³-hybridized carbons (Fsp3) is 1.00. The predicted molar refractivity (Wildman–Crippen MR) is 17.1 cm³/mol. The van der Waals surface area contributed by atoms with E-state index in [2.05, 4.69) is 5.22 Å². The van der Waals surface area contributed by atoms with Crippen molar-refractivity contribution in [2.75, 3.05) is 7.05 Å². The summed E-state index contributed by atoms with van der Waals surface area (Å²) in [5.74, 6) is 4.77. The highest BCUT2D eigenvalue weighted by Crippen LogP contribution is 1.58. The van der Waals surface area contributed by atoms with Crippen molar-refractivity contribution in [2.45, 2.75) is 0 Å². The SMILES string of the molecule is CN(N)N=N. The Labute approximate surface area is 30.0 Å². The summed E-state index contributed by atoms with van der Waals surface area (Å²) in [7, 11) is 1.48. The molecule has 4 heteroatoms. The Morgan fingerprint density at radius 1 is 2.00 bits per heavy atom. The number of nitrogens with two attached hydrogens (primary N) is 1. The third-order valence-electron chi connectivity index (χ3n) is 0.158. The Morgan fingerprint density at radius 2 is 2.20 bits per heavy atom. The van der Waals surface area contributed by atoms with Crippen molar-refractivity contribution in [3.63, 3.8) is 0 Å². The third kappa shape index (κ3) is 3.36. The number of hydrogen-bond acceptors (Lipinski definition) is 3. The van der Waals surface area contributed by atoms with Crippen molar-refractivity contribution >= 4 is 0 Å². The van der Waals surface area contributed by atoms with Crippen molar-refractivity contribution < 1.29 is 0 Å². The Hall–Kier alpha value is -0.640. The maximum absolute atomic E-state index is 6.08. The lowest BCUT2D eigenvalue weighted by Crippen LogP contribution is -2.17. The lowest BCUT2D eigenvalue weighted by Gasteiger charge is -1.94. The molecule has 0 rings (SSSR count). The van der Waals surface area contributed by atoms with Crippen LogP contribution in [-0.2, 0) is 0 Å². The summed E-state index contributed by atoms with van der Waals surface area (Å²) in [6.45, 7) is 0. The van der Waals surface area contributed by atoms with Crippen molar-refractivity contribution in [1.29, 1.82) is 5.53 Å². The molecule has 0 amide bonds. The topological polar surface area (TPSA) is 65.5 Å². The van der Waals surface area contributed by atoms with Crippen molar-refractivity contribution in [1.82, 2.24) is 5.12 Å². The van der Waals surface area contributed by atoms with Gasteiger partial charge in [-0.2, -0.15) is 5.53 Å². The van der Waals surface area contributed by atoms with Gasteiger partial charge in [0.15, 0.2) is 0 Å². The molecule has 0 aliphatic rings. The van der Waals surface area contributed by atoms with Crippen molar-refractivity contribution in [3.8, 4) is 0 Å². The fourth-order valence-electron chi connectivity index (χ4n) is 0. The largest absolute Gasteiger partial charge is 0.230 e. The molecule has 0 spiro atoms. The molecule has 0 bridgehead atoms. The van der Waals surface area contributed by atoms with E-state index in [9.17, 15) is 0 Å². The molecule has 3 N–H and O–H groups in total. The van der Waals surface area contributed by atoms with Gasteiger partial charge in [0.05, 0.1) is 0 Å². The third-order valence-corrected chi connectivity index (χ3v) is 0.158. The van der Waals surface area contributed by atoms with Gasteiger partial charge in [-0.25, -0.2) is 11.0 Å². The van der Waals surface area contributed by atoms with Crippen LogP contribution in [0.25, 0.3) is 0 Å². The van der Waals surface area contributed by atoms with Crippen LogP contribution in [0.1, 0.15) is 0 Å². The van der Waals surface area contributed by atoms with Crippen LogP contribution in [0.5, 0.6) is 0 Å². The van der Waals surface area contributed by atoms with E-state index >= 15 is 0 Å². The average Bonchev–Trinajstić information content (AvgIpc) is 1.38. The lowest BCUT2D eigenvalue weighted by atomic mass is 11.4. The summed E-state index contributed by atoms with van der Waals surface area (Å²) in [5, 5.41) is 3.67. The van der Waals surface area contributed by atoms with E-state index in [1.54, 1.807) is 0 Å². The zero-order valence-electron chi connectivity index (χ0n) is 2.97. The highest BCUT2D eigenvalue weighted by molar-refractivity contribution is 3.99. The van der Waals surface area contributed by atoms with Crippen molar-refractivity contribution in [2.24, 2.45) is 11.1 Å². The van der Waals surface area contributed by atoms with Crippen LogP contribution in [-0.4, -0.2) is 12.2 Å². The molecule has 0 unspecified atom stereocenters. The first kappa shape index (κ1) is 4.36. The minimum Gasteiger partial charge on any atom is -0.230 e. The second kappa shape index (κ2) is 1.66. The first-order valence-electron chi connectivity index (χ1n) is 1.13. The Bertz CT molecular complexity index is 30.6. The Morgan fingerprint density at radius 3 is 2.20 bits per heavy atom. The molecule has 4 nitrogen and oxygen atoms in total. The Balaban J connectivity index is 2.83. The van der Waals surface area contributed by atoms with E-state index in [-0.39, 0.29) is 0 Å². The lowest BCUT2D eigenvalue weighted by molar-refractivity contribution is 0.334. The summed E-state index contributed by atoms with van der Waals surface area (Å²) >= 11 is 0. The number of nitrogens with one attached hydrogen (secondary N) is 1. The first-order valence-corrected chi connectivity index (χ1v) is 1.13. The minimum atomic E-state index is 0.917. The van der Waals surface area contributed by atoms with Gasteiger partial charge in [-0.15, -0.1) is 0 Å². The number of nitrogens with zero attached hydrogens (tertiary/aromatic N) is 2. The van der Waals surface area contributed by atoms with Gasteiger partial charge < -0.3 is 0 Å². The van der Waals surface area contributed by atoms with Crippen molar-refractivity contribution in [3.05, 3.63) is 0 Å². The molecule has 0 aliphatic heterocycles. The maximum atomic E-state index is 6.08. The Kier molecular flexibility index (Phi) is 1.45. The summed E-state index contributed by atoms with van der Waals surface area (Å²) < 4.78 is 0. The van der Waals surface area contributed by atoms with Crippen LogP contribution in [0.2, 0.25) is 0 Å². The molecule has 0 heterocycles. The van der Waals surface area contributed by atoms with Gasteiger partial charge in [-0.3, -0.25) is 0 Å². The molecular weight excluding hydrogens is 68.0 g/mol. The summed E-state index contributed by atoms with van der Waals surface area (Å²) in [5.41, 5.74) is 6.08. The van der Waals surface area contributed by atoms with Gasteiger partial charge in [0.2, 0.25) is 0 Å². The van der Waals surface area contributed by atoms with Gasteiger partial charge in [0.1, 0.15) is 0 Å². The van der Waals surface area contributed by atoms with Crippen LogP contribution >= 0.6 is 0 Å². The number of hydrazine groups is 1. The number of hydrogen-bond donors (Lipinski definition) is 2.